The van der Waals surface area contributed by atoms with E-state index in [1.165, 1.54) is 71.6 Å². The minimum absolute atomic E-state index is 0.846. The lowest BCUT2D eigenvalue weighted by Crippen LogP contribution is -2.32. The van der Waals surface area contributed by atoms with E-state index in [-0.39, 0.29) is 0 Å². The molecule has 0 aliphatic heterocycles. The van der Waals surface area contributed by atoms with Crippen molar-refractivity contribution in [2.75, 3.05) is 0 Å². The summed E-state index contributed by atoms with van der Waals surface area (Å²) in [6.07, 6.45) is 10.4. The number of aromatic nitrogens is 1. The molecular weight excluding hydrogens is 426 g/mol. The first kappa shape index (κ1) is 20.9. The predicted molar refractivity (Wildman–Crippen MR) is 144 cm³/mol. The minimum atomic E-state index is 0.846. The first-order valence-electron chi connectivity index (χ1n) is 13.2. The first-order chi connectivity index (χ1) is 17.2. The monoisotopic (exact) mass is 457 g/mol. The average Bonchev–Trinajstić information content (AvgIpc) is 3.30. The Morgan fingerprint density at radius 3 is 2.51 bits per heavy atom. The lowest BCUT2D eigenvalue weighted by Gasteiger charge is -2.42. The lowest BCUT2D eigenvalue weighted by molar-refractivity contribution is 0.0991. The Kier molecular flexibility index (Phi) is 5.01. The van der Waals surface area contributed by atoms with Crippen LogP contribution in [0.4, 0.5) is 0 Å². The van der Waals surface area contributed by atoms with E-state index < -0.39 is 0 Å². The molecule has 3 saturated carbocycles. The second-order valence-corrected chi connectivity index (χ2v) is 10.8. The van der Waals surface area contributed by atoms with Crippen LogP contribution in [0.2, 0.25) is 0 Å². The summed E-state index contributed by atoms with van der Waals surface area (Å²) in [5.74, 6) is 2.75. The summed E-state index contributed by atoms with van der Waals surface area (Å²) >= 11 is 0. The summed E-state index contributed by atoms with van der Waals surface area (Å²) in [6.45, 7) is 2.18. The topological polar surface area (TPSA) is 26.0 Å². The summed E-state index contributed by atoms with van der Waals surface area (Å²) in [5.41, 5.74) is 9.10. The summed E-state index contributed by atoms with van der Waals surface area (Å²) in [4.78, 5) is 4.81. The van der Waals surface area contributed by atoms with Gasteiger partial charge in [-0.15, -0.1) is 0 Å². The highest BCUT2D eigenvalue weighted by atomic mass is 16.3. The van der Waals surface area contributed by atoms with Gasteiger partial charge in [-0.3, -0.25) is 4.98 Å². The molecule has 3 aliphatic rings. The Labute approximate surface area is 207 Å². The van der Waals surface area contributed by atoms with Crippen LogP contribution in [0.25, 0.3) is 44.3 Å². The molecule has 2 aromatic heterocycles. The number of fused-ring (bicyclic) bond motifs is 6. The highest BCUT2D eigenvalue weighted by molar-refractivity contribution is 6.11. The van der Waals surface area contributed by atoms with Crippen LogP contribution in [0, 0.1) is 24.7 Å². The van der Waals surface area contributed by atoms with Crippen LogP contribution in [-0.4, -0.2) is 4.98 Å². The Hall–Kier alpha value is -3.39. The van der Waals surface area contributed by atoms with Gasteiger partial charge in [0.25, 0.3) is 0 Å². The standard InChI is InChI=1S/C33H31NO/c1-21-7-13-28(30-19-23(15-16-34-30)18-27-17-22-8-10-25(27)11-9-22)33-32(21)29-20-26(12-14-31(29)35-33)24-5-3-2-4-6-24/h2-7,12-16,19-20,22,25,27H,8-11,17-18H2,1H3. The van der Waals surface area contributed by atoms with Gasteiger partial charge >= 0.3 is 0 Å². The van der Waals surface area contributed by atoms with E-state index in [1.807, 2.05) is 6.20 Å². The Morgan fingerprint density at radius 2 is 1.71 bits per heavy atom. The van der Waals surface area contributed by atoms with E-state index in [1.54, 1.807) is 0 Å². The Balaban J connectivity index is 1.30. The molecule has 2 bridgehead atoms. The van der Waals surface area contributed by atoms with E-state index in [4.69, 9.17) is 9.40 Å². The SMILES string of the molecule is Cc1ccc(-c2cc(CC3CC4CCC3CC4)ccn2)c2oc3ccc(-c4ccccc4)cc3c12. The van der Waals surface area contributed by atoms with E-state index in [2.05, 4.69) is 79.7 Å². The van der Waals surface area contributed by atoms with Crippen LogP contribution in [-0.2, 0) is 6.42 Å². The number of hydrogen-bond donors (Lipinski definition) is 0. The normalized spacial score (nSPS) is 21.7. The fourth-order valence-corrected chi connectivity index (χ4v) is 6.88. The van der Waals surface area contributed by atoms with E-state index in [0.29, 0.717) is 0 Å². The molecule has 1 atom stereocenters. The number of hydrogen-bond acceptors (Lipinski definition) is 2. The van der Waals surface area contributed by atoms with Crippen LogP contribution < -0.4 is 0 Å². The third kappa shape index (κ3) is 3.67. The molecule has 0 amide bonds. The van der Waals surface area contributed by atoms with Crippen molar-refractivity contribution in [3.63, 3.8) is 0 Å². The van der Waals surface area contributed by atoms with Gasteiger partial charge in [-0.1, -0.05) is 55.3 Å². The molecule has 2 nitrogen and oxygen atoms in total. The molecule has 1 unspecified atom stereocenters. The van der Waals surface area contributed by atoms with Gasteiger partial charge < -0.3 is 4.42 Å². The largest absolute Gasteiger partial charge is 0.455 e. The van der Waals surface area contributed by atoms with Crippen molar-refractivity contribution >= 4 is 21.9 Å². The molecule has 5 aromatic rings. The van der Waals surface area contributed by atoms with Gasteiger partial charge in [-0.2, -0.15) is 0 Å². The molecule has 8 rings (SSSR count). The fourth-order valence-electron chi connectivity index (χ4n) is 6.88. The van der Waals surface area contributed by atoms with Gasteiger partial charge in [-0.05, 0) is 103 Å². The van der Waals surface area contributed by atoms with Gasteiger partial charge in [0.05, 0.1) is 5.69 Å². The van der Waals surface area contributed by atoms with Crippen LogP contribution in [0.1, 0.15) is 43.2 Å². The average molecular weight is 458 g/mol. The zero-order valence-electron chi connectivity index (χ0n) is 20.3. The molecular formula is C33H31NO. The van der Waals surface area contributed by atoms with Crippen molar-refractivity contribution in [2.24, 2.45) is 17.8 Å². The molecule has 174 valence electrons. The number of aryl methyl sites for hydroxylation is 1. The van der Waals surface area contributed by atoms with Crippen molar-refractivity contribution in [1.82, 2.24) is 4.98 Å². The van der Waals surface area contributed by atoms with Crippen molar-refractivity contribution in [1.29, 1.82) is 0 Å². The Bertz CT molecular complexity index is 1520. The van der Waals surface area contributed by atoms with E-state index in [9.17, 15) is 0 Å². The zero-order chi connectivity index (χ0) is 23.4. The van der Waals surface area contributed by atoms with Crippen molar-refractivity contribution in [3.8, 4) is 22.4 Å². The van der Waals surface area contributed by atoms with Crippen LogP contribution >= 0.6 is 0 Å². The quantitative estimate of drug-likeness (QED) is 0.269. The highest BCUT2D eigenvalue weighted by Gasteiger charge is 2.35. The third-order valence-electron chi connectivity index (χ3n) is 8.73. The van der Waals surface area contributed by atoms with Crippen molar-refractivity contribution < 1.29 is 4.42 Å². The van der Waals surface area contributed by atoms with E-state index >= 15 is 0 Å². The summed E-state index contributed by atoms with van der Waals surface area (Å²) < 4.78 is 6.50. The number of furan rings is 1. The van der Waals surface area contributed by atoms with Crippen LogP contribution in [0.5, 0.6) is 0 Å². The van der Waals surface area contributed by atoms with Gasteiger partial charge in [0, 0.05) is 22.5 Å². The second kappa shape index (κ2) is 8.37. The summed E-state index contributed by atoms with van der Waals surface area (Å²) in [6, 6.07) is 26.1. The molecule has 3 aromatic carbocycles. The van der Waals surface area contributed by atoms with E-state index in [0.717, 1.165) is 40.2 Å². The predicted octanol–water partition coefficient (Wildman–Crippen LogP) is 8.99. The smallest absolute Gasteiger partial charge is 0.145 e. The summed E-state index contributed by atoms with van der Waals surface area (Å²) in [5, 5.41) is 2.38. The number of rotatable bonds is 4. The molecule has 0 N–H and O–H groups in total. The number of nitrogens with zero attached hydrogens (tertiary/aromatic N) is 1. The number of pyridine rings is 1. The molecule has 2 heteroatoms. The van der Waals surface area contributed by atoms with Crippen molar-refractivity contribution in [3.05, 3.63) is 90.1 Å². The number of benzene rings is 3. The molecule has 2 heterocycles. The van der Waals surface area contributed by atoms with Gasteiger partial charge in [0.1, 0.15) is 11.2 Å². The first-order valence-corrected chi connectivity index (χ1v) is 13.2. The highest BCUT2D eigenvalue weighted by Crippen LogP contribution is 2.46. The minimum Gasteiger partial charge on any atom is -0.455 e. The molecule has 35 heavy (non-hydrogen) atoms. The van der Waals surface area contributed by atoms with Gasteiger partial charge in [0.15, 0.2) is 0 Å². The maximum atomic E-state index is 6.50. The van der Waals surface area contributed by atoms with Crippen molar-refractivity contribution in [2.45, 2.75) is 45.4 Å². The third-order valence-corrected chi connectivity index (χ3v) is 8.73. The van der Waals surface area contributed by atoms with Gasteiger partial charge in [-0.25, -0.2) is 0 Å². The molecule has 3 fully saturated rings. The molecule has 0 saturated heterocycles. The molecule has 0 spiro atoms. The molecule has 0 radical (unpaired) electrons. The Morgan fingerprint density at radius 1 is 0.857 bits per heavy atom. The maximum absolute atomic E-state index is 6.50. The summed E-state index contributed by atoms with van der Waals surface area (Å²) in [7, 11) is 0. The zero-order valence-corrected chi connectivity index (χ0v) is 20.3. The van der Waals surface area contributed by atoms with Gasteiger partial charge in [0.2, 0.25) is 0 Å². The maximum Gasteiger partial charge on any atom is 0.145 e. The lowest BCUT2D eigenvalue weighted by atomic mass is 9.63. The fraction of sp³-hybridized carbons (Fsp3) is 0.303. The second-order valence-electron chi connectivity index (χ2n) is 10.8. The van der Waals surface area contributed by atoms with Crippen LogP contribution in [0.3, 0.4) is 0 Å². The molecule has 3 aliphatic carbocycles. The van der Waals surface area contributed by atoms with Crippen LogP contribution in [0.15, 0.2) is 83.4 Å².